The van der Waals surface area contributed by atoms with Crippen molar-refractivity contribution in [3.8, 4) is 0 Å². The number of aryl methyl sites for hydroxylation is 1. The molecule has 0 fully saturated rings. The molecule has 0 aliphatic carbocycles. The first kappa shape index (κ1) is 8.20. The van der Waals surface area contributed by atoms with E-state index in [2.05, 4.69) is 4.98 Å². The molecule has 3 nitrogen and oxygen atoms in total. The van der Waals surface area contributed by atoms with Crippen molar-refractivity contribution in [3.63, 3.8) is 0 Å². The zero-order valence-corrected chi connectivity index (χ0v) is 6.93. The Morgan fingerprint density at radius 1 is 1.73 bits per heavy atom. The van der Waals surface area contributed by atoms with E-state index in [9.17, 15) is 4.79 Å². The lowest BCUT2D eigenvalue weighted by Gasteiger charge is -1.92. The fourth-order valence-corrected chi connectivity index (χ4v) is 1.44. The summed E-state index contributed by atoms with van der Waals surface area (Å²) in [5.74, 6) is -0.227. The van der Waals surface area contributed by atoms with E-state index in [1.807, 2.05) is 6.20 Å². The molecule has 0 bridgehead atoms. The van der Waals surface area contributed by atoms with Gasteiger partial charge in [0.1, 0.15) is 0 Å². The van der Waals surface area contributed by atoms with Gasteiger partial charge in [0.2, 0.25) is 5.91 Å². The molecular formula is C7H10N2OS. The molecule has 1 heterocycles. The Kier molecular flexibility index (Phi) is 3.04. The van der Waals surface area contributed by atoms with Crippen molar-refractivity contribution in [2.75, 3.05) is 0 Å². The van der Waals surface area contributed by atoms with Crippen LogP contribution in [0.1, 0.15) is 17.7 Å². The minimum atomic E-state index is -0.227. The molecule has 0 aromatic carbocycles. The lowest BCUT2D eigenvalue weighted by Crippen LogP contribution is -2.09. The molecule has 0 aliphatic heterocycles. The number of aromatic nitrogens is 1. The number of hydrogen-bond donors (Lipinski definition) is 1. The summed E-state index contributed by atoms with van der Waals surface area (Å²) >= 11 is 1.61. The number of primary amides is 1. The van der Waals surface area contributed by atoms with Gasteiger partial charge in [-0.3, -0.25) is 9.78 Å². The molecule has 1 aromatic rings. The highest BCUT2D eigenvalue weighted by Gasteiger charge is 1.96. The molecular weight excluding hydrogens is 160 g/mol. The highest BCUT2D eigenvalue weighted by molar-refractivity contribution is 7.09. The first-order valence-electron chi connectivity index (χ1n) is 3.44. The first-order valence-corrected chi connectivity index (χ1v) is 4.32. The highest BCUT2D eigenvalue weighted by atomic mass is 32.1. The molecule has 11 heavy (non-hydrogen) atoms. The van der Waals surface area contributed by atoms with Gasteiger partial charge in [-0.2, -0.15) is 0 Å². The number of hydrogen-bond acceptors (Lipinski definition) is 3. The molecule has 0 atom stereocenters. The van der Waals surface area contributed by atoms with Crippen LogP contribution in [0.2, 0.25) is 0 Å². The SMILES string of the molecule is NC(=O)CCCc1cncs1. The van der Waals surface area contributed by atoms with E-state index in [1.54, 1.807) is 16.8 Å². The average molecular weight is 170 g/mol. The van der Waals surface area contributed by atoms with E-state index < -0.39 is 0 Å². The Hall–Kier alpha value is -0.900. The second-order valence-electron chi connectivity index (χ2n) is 2.29. The number of amides is 1. The van der Waals surface area contributed by atoms with Crippen molar-refractivity contribution >= 4 is 17.2 Å². The molecule has 0 unspecified atom stereocenters. The maximum atomic E-state index is 10.3. The van der Waals surface area contributed by atoms with E-state index in [4.69, 9.17) is 5.73 Å². The monoisotopic (exact) mass is 170 g/mol. The third kappa shape index (κ3) is 3.13. The first-order chi connectivity index (χ1) is 5.29. The molecule has 4 heteroatoms. The van der Waals surface area contributed by atoms with Crippen LogP contribution >= 0.6 is 11.3 Å². The van der Waals surface area contributed by atoms with Crippen molar-refractivity contribution in [3.05, 3.63) is 16.6 Å². The topological polar surface area (TPSA) is 56.0 Å². The van der Waals surface area contributed by atoms with Crippen molar-refractivity contribution in [1.29, 1.82) is 0 Å². The van der Waals surface area contributed by atoms with Crippen molar-refractivity contribution < 1.29 is 4.79 Å². The van der Waals surface area contributed by atoms with Crippen LogP contribution in [0, 0.1) is 0 Å². The Morgan fingerprint density at radius 2 is 2.55 bits per heavy atom. The van der Waals surface area contributed by atoms with Gasteiger partial charge in [0.15, 0.2) is 0 Å². The van der Waals surface area contributed by atoms with Crippen LogP contribution in [-0.4, -0.2) is 10.9 Å². The van der Waals surface area contributed by atoms with E-state index in [-0.39, 0.29) is 5.91 Å². The summed E-state index contributed by atoms with van der Waals surface area (Å²) < 4.78 is 0. The summed E-state index contributed by atoms with van der Waals surface area (Å²) in [6.45, 7) is 0. The zero-order chi connectivity index (χ0) is 8.10. The molecule has 1 aromatic heterocycles. The summed E-state index contributed by atoms with van der Waals surface area (Å²) in [4.78, 5) is 15.5. The van der Waals surface area contributed by atoms with Gasteiger partial charge in [0, 0.05) is 17.5 Å². The smallest absolute Gasteiger partial charge is 0.217 e. The van der Waals surface area contributed by atoms with E-state index >= 15 is 0 Å². The number of rotatable bonds is 4. The quantitative estimate of drug-likeness (QED) is 0.731. The van der Waals surface area contributed by atoms with Gasteiger partial charge in [-0.15, -0.1) is 11.3 Å². The highest BCUT2D eigenvalue weighted by Crippen LogP contribution is 2.08. The second kappa shape index (κ2) is 4.08. The molecule has 2 N–H and O–H groups in total. The van der Waals surface area contributed by atoms with Gasteiger partial charge in [-0.25, -0.2) is 0 Å². The zero-order valence-electron chi connectivity index (χ0n) is 6.12. The molecule has 0 spiro atoms. The number of carbonyl (C=O) groups excluding carboxylic acids is 1. The van der Waals surface area contributed by atoms with Gasteiger partial charge >= 0.3 is 0 Å². The molecule has 1 amide bonds. The lowest BCUT2D eigenvalue weighted by molar-refractivity contribution is -0.118. The summed E-state index contributed by atoms with van der Waals surface area (Å²) in [6.07, 6.45) is 4.04. The maximum absolute atomic E-state index is 10.3. The Bertz CT molecular complexity index is 220. The average Bonchev–Trinajstić information content (AvgIpc) is 2.39. The Labute approximate surface area is 69.3 Å². The van der Waals surface area contributed by atoms with Crippen molar-refractivity contribution in [2.45, 2.75) is 19.3 Å². The molecule has 1 rings (SSSR count). The summed E-state index contributed by atoms with van der Waals surface area (Å²) in [7, 11) is 0. The predicted octanol–water partition coefficient (Wildman–Crippen LogP) is 0.951. The Morgan fingerprint density at radius 3 is 3.09 bits per heavy atom. The maximum Gasteiger partial charge on any atom is 0.217 e. The molecule has 0 aliphatic rings. The van der Waals surface area contributed by atoms with Crippen LogP contribution in [0.15, 0.2) is 11.7 Å². The minimum Gasteiger partial charge on any atom is -0.370 e. The molecule has 0 saturated heterocycles. The van der Waals surface area contributed by atoms with Crippen LogP contribution in [0.3, 0.4) is 0 Å². The van der Waals surface area contributed by atoms with Crippen LogP contribution in [0.5, 0.6) is 0 Å². The fraction of sp³-hybridized carbons (Fsp3) is 0.429. The number of nitrogens with two attached hydrogens (primary N) is 1. The van der Waals surface area contributed by atoms with Crippen LogP contribution in [-0.2, 0) is 11.2 Å². The molecule has 60 valence electrons. The third-order valence-electron chi connectivity index (χ3n) is 1.33. The van der Waals surface area contributed by atoms with Gasteiger partial charge in [0.25, 0.3) is 0 Å². The van der Waals surface area contributed by atoms with Crippen LogP contribution < -0.4 is 5.73 Å². The van der Waals surface area contributed by atoms with Crippen molar-refractivity contribution in [1.82, 2.24) is 4.98 Å². The van der Waals surface area contributed by atoms with Gasteiger partial charge in [-0.05, 0) is 12.8 Å². The standard InChI is InChI=1S/C7H10N2OS/c8-7(10)3-1-2-6-4-9-5-11-6/h4-5H,1-3H2,(H2,8,10). The largest absolute Gasteiger partial charge is 0.370 e. The fourth-order valence-electron chi connectivity index (χ4n) is 0.802. The summed E-state index contributed by atoms with van der Waals surface area (Å²) in [5, 5.41) is 0. The Balaban J connectivity index is 2.19. The van der Waals surface area contributed by atoms with E-state index in [0.717, 1.165) is 12.8 Å². The summed E-state index contributed by atoms with van der Waals surface area (Å²) in [6, 6.07) is 0. The number of nitrogens with zero attached hydrogens (tertiary/aromatic N) is 1. The minimum absolute atomic E-state index is 0.227. The van der Waals surface area contributed by atoms with Gasteiger partial charge < -0.3 is 5.73 Å². The lowest BCUT2D eigenvalue weighted by atomic mass is 10.2. The molecule has 0 saturated carbocycles. The molecule has 0 radical (unpaired) electrons. The van der Waals surface area contributed by atoms with Gasteiger partial charge in [-0.1, -0.05) is 0 Å². The number of carbonyl (C=O) groups is 1. The predicted molar refractivity (Wildman–Crippen MR) is 44.2 cm³/mol. The van der Waals surface area contributed by atoms with Crippen LogP contribution in [0.25, 0.3) is 0 Å². The van der Waals surface area contributed by atoms with Crippen LogP contribution in [0.4, 0.5) is 0 Å². The number of thiazole rings is 1. The third-order valence-corrected chi connectivity index (χ3v) is 2.17. The second-order valence-corrected chi connectivity index (χ2v) is 3.26. The summed E-state index contributed by atoms with van der Waals surface area (Å²) in [5.41, 5.74) is 6.77. The normalized spacial score (nSPS) is 9.82. The van der Waals surface area contributed by atoms with Gasteiger partial charge in [0.05, 0.1) is 5.51 Å². The van der Waals surface area contributed by atoms with E-state index in [1.165, 1.54) is 4.88 Å². The van der Waals surface area contributed by atoms with Crippen molar-refractivity contribution in [2.24, 2.45) is 5.73 Å². The van der Waals surface area contributed by atoms with E-state index in [0.29, 0.717) is 6.42 Å².